The van der Waals surface area contributed by atoms with Gasteiger partial charge in [0.15, 0.2) is 0 Å². The fourth-order valence-electron chi connectivity index (χ4n) is 5.12. The molecule has 6 heteroatoms. The van der Waals surface area contributed by atoms with Gasteiger partial charge in [-0.15, -0.1) is 6.42 Å². The van der Waals surface area contributed by atoms with Crippen LogP contribution in [0.3, 0.4) is 0 Å². The van der Waals surface area contributed by atoms with Crippen LogP contribution >= 0.6 is 0 Å². The first-order valence-corrected chi connectivity index (χ1v) is 17.6. The fourth-order valence-corrected chi connectivity index (χ4v) is 9.37. The Morgan fingerprint density at radius 2 is 1.44 bits per heavy atom. The third-order valence-corrected chi connectivity index (χ3v) is 10.2. The molecule has 0 amide bonds. The van der Waals surface area contributed by atoms with Crippen LogP contribution in [0.1, 0.15) is 29.0 Å². The van der Waals surface area contributed by atoms with Crippen molar-refractivity contribution in [3.8, 4) is 12.3 Å². The highest BCUT2D eigenvalue weighted by Gasteiger charge is 2.57. The summed E-state index contributed by atoms with van der Waals surface area (Å²) in [4.78, 5) is 0. The Labute approximate surface area is 218 Å². The van der Waals surface area contributed by atoms with E-state index >= 15 is 0 Å². The summed E-state index contributed by atoms with van der Waals surface area (Å²) in [5.74, 6) is 2.89. The predicted molar refractivity (Wildman–Crippen MR) is 151 cm³/mol. The maximum Gasteiger partial charge on any atom is 0.282 e. The van der Waals surface area contributed by atoms with Crippen molar-refractivity contribution in [2.24, 2.45) is 0 Å². The Morgan fingerprint density at radius 1 is 0.889 bits per heavy atom. The minimum absolute atomic E-state index is 0.0510. The van der Waals surface area contributed by atoms with E-state index in [0.717, 1.165) is 17.5 Å². The van der Waals surface area contributed by atoms with Gasteiger partial charge in [-0.3, -0.25) is 0 Å². The zero-order valence-corrected chi connectivity index (χ0v) is 23.3. The van der Waals surface area contributed by atoms with Crippen LogP contribution in [0.4, 0.5) is 0 Å². The minimum Gasteiger partial charge on any atom is -0.195 e. The average Bonchev–Trinajstić information content (AvgIpc) is 3.60. The molecule has 0 heterocycles. The van der Waals surface area contributed by atoms with E-state index in [2.05, 4.69) is 62.0 Å². The van der Waals surface area contributed by atoms with Crippen molar-refractivity contribution in [2.75, 3.05) is 19.3 Å². The summed E-state index contributed by atoms with van der Waals surface area (Å²) in [5, 5.41) is 0. The fraction of sp³-hybridized carbons (Fsp3) is 0.333. The number of nitrogens with zero attached hydrogens (tertiary/aromatic N) is 2. The normalized spacial score (nSPS) is 19.8. The Morgan fingerprint density at radius 3 is 2.00 bits per heavy atom. The van der Waals surface area contributed by atoms with Crippen LogP contribution in [-0.2, 0) is 22.2 Å². The molecule has 0 N–H and O–H groups in total. The molecule has 0 saturated heterocycles. The Kier molecular flexibility index (Phi) is 7.87. The van der Waals surface area contributed by atoms with E-state index in [1.54, 1.807) is 8.61 Å². The van der Waals surface area contributed by atoms with Gasteiger partial charge in [-0.1, -0.05) is 117 Å². The first kappa shape index (κ1) is 26.4. The summed E-state index contributed by atoms with van der Waals surface area (Å²) < 4.78 is 31.7. The van der Waals surface area contributed by atoms with E-state index in [1.807, 2.05) is 54.6 Å². The van der Waals surface area contributed by atoms with E-state index < -0.39 is 18.3 Å². The molecule has 3 aromatic carbocycles. The summed E-state index contributed by atoms with van der Waals surface area (Å²) in [7, 11) is -5.56. The highest BCUT2D eigenvalue weighted by atomic mass is 32.2. The molecular formula is C30H36N2O2SSi. The lowest BCUT2D eigenvalue weighted by Gasteiger charge is -2.34. The molecule has 1 aliphatic rings. The molecule has 0 spiro atoms. The standard InChI is InChI=1S/C30H36N2O2SSi/c1-5-21-31(35(33,34)32(25-36(2,3)4)23-26-15-9-6-10-16-26)24-30(28-19-13-8-14-20-28)22-29(30)27-17-11-7-12-18-27/h1,6-20,29H,21-25H2,2-4H3/t29-,30-/m1/s1. The SMILES string of the molecule is C#CCN(C[C@@]1(c2ccccc2)C[C@@H]1c1ccccc1)S(=O)(=O)N(Cc1ccccc1)C[Si](C)(C)C. The van der Waals surface area contributed by atoms with Crippen molar-refractivity contribution in [1.29, 1.82) is 0 Å². The Balaban J connectivity index is 1.71. The second kappa shape index (κ2) is 10.7. The first-order chi connectivity index (χ1) is 17.2. The van der Waals surface area contributed by atoms with Crippen LogP contribution in [0.15, 0.2) is 91.0 Å². The molecule has 0 aliphatic heterocycles. The quantitative estimate of drug-likeness (QED) is 0.243. The number of benzene rings is 3. The lowest BCUT2D eigenvalue weighted by Crippen LogP contribution is -2.51. The van der Waals surface area contributed by atoms with Crippen LogP contribution < -0.4 is 0 Å². The van der Waals surface area contributed by atoms with Gasteiger partial charge < -0.3 is 0 Å². The Hall–Kier alpha value is -2.69. The van der Waals surface area contributed by atoms with E-state index in [9.17, 15) is 8.42 Å². The van der Waals surface area contributed by atoms with Gasteiger partial charge in [0, 0.05) is 24.7 Å². The molecule has 0 aromatic heterocycles. The maximum atomic E-state index is 14.3. The minimum atomic E-state index is -3.80. The summed E-state index contributed by atoms with van der Waals surface area (Å²) in [6.07, 6.45) is 7.19. The molecule has 0 radical (unpaired) electrons. The van der Waals surface area contributed by atoms with Crippen LogP contribution in [0.25, 0.3) is 0 Å². The topological polar surface area (TPSA) is 40.6 Å². The average molecular weight is 517 g/mol. The highest BCUT2D eigenvalue weighted by Crippen LogP contribution is 2.61. The van der Waals surface area contributed by atoms with Crippen LogP contribution in [0, 0.1) is 12.3 Å². The van der Waals surface area contributed by atoms with Crippen molar-refractivity contribution in [1.82, 2.24) is 8.61 Å². The van der Waals surface area contributed by atoms with Gasteiger partial charge >= 0.3 is 0 Å². The van der Waals surface area contributed by atoms with E-state index in [4.69, 9.17) is 6.42 Å². The van der Waals surface area contributed by atoms with E-state index in [1.165, 1.54) is 5.56 Å². The number of terminal acetylenes is 1. The highest BCUT2D eigenvalue weighted by molar-refractivity contribution is 7.86. The largest absolute Gasteiger partial charge is 0.282 e. The van der Waals surface area contributed by atoms with Crippen LogP contribution in [-0.4, -0.2) is 44.4 Å². The molecule has 4 nitrogen and oxygen atoms in total. The van der Waals surface area contributed by atoms with Crippen molar-refractivity contribution in [3.05, 3.63) is 108 Å². The van der Waals surface area contributed by atoms with Crippen molar-refractivity contribution in [2.45, 2.75) is 43.9 Å². The van der Waals surface area contributed by atoms with Gasteiger partial charge in [0.25, 0.3) is 10.2 Å². The monoisotopic (exact) mass is 516 g/mol. The van der Waals surface area contributed by atoms with Gasteiger partial charge in [0.05, 0.1) is 14.6 Å². The zero-order chi connectivity index (χ0) is 25.8. The zero-order valence-electron chi connectivity index (χ0n) is 21.5. The summed E-state index contributed by atoms with van der Waals surface area (Å²) in [5.41, 5.74) is 3.08. The van der Waals surface area contributed by atoms with Crippen LogP contribution in [0.5, 0.6) is 0 Å². The summed E-state index contributed by atoms with van der Waals surface area (Å²) >= 11 is 0. The second-order valence-electron chi connectivity index (χ2n) is 11.0. The molecule has 1 fully saturated rings. The molecule has 2 atom stereocenters. The smallest absolute Gasteiger partial charge is 0.195 e. The molecule has 0 bridgehead atoms. The summed E-state index contributed by atoms with van der Waals surface area (Å²) in [6, 6.07) is 30.5. The molecule has 0 unspecified atom stereocenters. The first-order valence-electron chi connectivity index (χ1n) is 12.5. The number of hydrogen-bond acceptors (Lipinski definition) is 2. The maximum absolute atomic E-state index is 14.3. The molecule has 1 aliphatic carbocycles. The predicted octanol–water partition coefficient (Wildman–Crippen LogP) is 5.67. The van der Waals surface area contributed by atoms with Gasteiger partial charge in [0.2, 0.25) is 0 Å². The molecule has 1 saturated carbocycles. The van der Waals surface area contributed by atoms with E-state index in [-0.39, 0.29) is 17.9 Å². The van der Waals surface area contributed by atoms with Gasteiger partial charge in [-0.25, -0.2) is 0 Å². The second-order valence-corrected chi connectivity index (χ2v) is 18.3. The number of hydrogen-bond donors (Lipinski definition) is 0. The van der Waals surface area contributed by atoms with Crippen molar-refractivity contribution < 1.29 is 8.42 Å². The lowest BCUT2D eigenvalue weighted by molar-refractivity contribution is 0.345. The molecule has 36 heavy (non-hydrogen) atoms. The molecule has 188 valence electrons. The van der Waals surface area contributed by atoms with Crippen molar-refractivity contribution in [3.63, 3.8) is 0 Å². The third kappa shape index (κ3) is 5.99. The van der Waals surface area contributed by atoms with Crippen molar-refractivity contribution >= 4 is 18.3 Å². The van der Waals surface area contributed by atoms with Gasteiger partial charge in [-0.05, 0) is 29.0 Å². The Bertz CT molecular complexity index is 1290. The molecular weight excluding hydrogens is 480 g/mol. The molecule has 3 aromatic rings. The third-order valence-electron chi connectivity index (χ3n) is 6.86. The lowest BCUT2D eigenvalue weighted by atomic mass is 9.90. The summed E-state index contributed by atoms with van der Waals surface area (Å²) in [6.45, 7) is 7.35. The van der Waals surface area contributed by atoms with Gasteiger partial charge in [0.1, 0.15) is 0 Å². The van der Waals surface area contributed by atoms with Crippen LogP contribution in [0.2, 0.25) is 19.6 Å². The van der Waals surface area contributed by atoms with E-state index in [0.29, 0.717) is 19.3 Å². The molecule has 4 rings (SSSR count). The number of rotatable bonds is 11. The van der Waals surface area contributed by atoms with Gasteiger partial charge in [-0.2, -0.15) is 17.0 Å².